The molecule has 0 fully saturated rings. The molecule has 3 heteroatoms. The van der Waals surface area contributed by atoms with Crippen LogP contribution in [-0.4, -0.2) is 4.57 Å². The van der Waals surface area contributed by atoms with Crippen LogP contribution < -0.4 is 11.1 Å². The third kappa shape index (κ3) is 3.80. The summed E-state index contributed by atoms with van der Waals surface area (Å²) >= 11 is 0. The first kappa shape index (κ1) is 30.1. The van der Waals surface area contributed by atoms with E-state index in [-0.39, 0.29) is 32.8 Å². The van der Waals surface area contributed by atoms with Gasteiger partial charge in [-0.2, -0.15) is 0 Å². The first-order valence-corrected chi connectivity index (χ1v) is 17.0. The molecule has 0 saturated carbocycles. The summed E-state index contributed by atoms with van der Waals surface area (Å²) in [6.07, 6.45) is 0. The lowest BCUT2D eigenvalue weighted by molar-refractivity contribution is 0.560. The molecule has 0 aliphatic heterocycles. The Labute approximate surface area is 276 Å². The minimum Gasteiger partial charge on any atom is -0.268 e. The minimum atomic E-state index is -0.285. The second-order valence-corrected chi connectivity index (χ2v) is 18.2. The van der Waals surface area contributed by atoms with Crippen LogP contribution in [0.2, 0.25) is 0 Å². The number of nitrogens with zero attached hydrogens (tertiary/aromatic N) is 1. The summed E-state index contributed by atoms with van der Waals surface area (Å²) in [5.41, 5.74) is 3.81. The quantitative estimate of drug-likeness (QED) is 0.172. The second-order valence-electron chi connectivity index (χ2n) is 18.2. The highest BCUT2D eigenvalue weighted by molar-refractivity contribution is 6.48. The SMILES string of the molecule is CC(C)(C)c1cccc(C(C)(C)C)c1-n1c(=O)c2c3cc(C(C)(C)C)c4ccc5ccc6c(C(C)(C)C)cc(c2c1=O)c1c6c5c4c31. The summed E-state index contributed by atoms with van der Waals surface area (Å²) in [6.45, 7) is 26.4. The fraction of sp³-hybridized carbons (Fsp3) is 0.364. The van der Waals surface area contributed by atoms with Crippen molar-refractivity contribution in [1.82, 2.24) is 4.57 Å². The molecular formula is C44H45NO2. The van der Waals surface area contributed by atoms with E-state index in [0.717, 1.165) is 38.4 Å². The summed E-state index contributed by atoms with van der Waals surface area (Å²) in [7, 11) is 0. The molecule has 0 amide bonds. The van der Waals surface area contributed by atoms with Gasteiger partial charge in [0, 0.05) is 0 Å². The highest BCUT2D eigenvalue weighted by Gasteiger charge is 2.34. The number of para-hydroxylation sites is 1. The van der Waals surface area contributed by atoms with E-state index < -0.39 is 0 Å². The molecular weight excluding hydrogens is 574 g/mol. The lowest BCUT2D eigenvalue weighted by atomic mass is 9.78. The van der Waals surface area contributed by atoms with Gasteiger partial charge >= 0.3 is 0 Å². The van der Waals surface area contributed by atoms with E-state index in [1.165, 1.54) is 43.4 Å². The molecule has 0 spiro atoms. The van der Waals surface area contributed by atoms with E-state index in [2.05, 4.69) is 138 Å². The summed E-state index contributed by atoms with van der Waals surface area (Å²) < 4.78 is 1.54. The Kier molecular flexibility index (Phi) is 5.64. The molecule has 0 atom stereocenters. The van der Waals surface area contributed by atoms with Crippen molar-refractivity contribution in [1.29, 1.82) is 0 Å². The number of benzene rings is 6. The monoisotopic (exact) mass is 619 g/mol. The van der Waals surface area contributed by atoms with E-state index in [1.54, 1.807) is 4.57 Å². The molecule has 0 aliphatic carbocycles. The fourth-order valence-electron chi connectivity index (χ4n) is 8.63. The molecule has 1 heterocycles. The normalized spacial score (nSPS) is 14.1. The minimum absolute atomic E-state index is 0.174. The molecule has 8 rings (SSSR count). The molecule has 8 aromatic rings. The van der Waals surface area contributed by atoms with Crippen LogP contribution >= 0.6 is 0 Å². The molecule has 0 N–H and O–H groups in total. The Hall–Kier alpha value is -4.24. The number of fused-ring (bicyclic) bond motifs is 3. The average molecular weight is 620 g/mol. The number of hydrogen-bond donors (Lipinski definition) is 0. The van der Waals surface area contributed by atoms with Gasteiger partial charge in [-0.15, -0.1) is 0 Å². The van der Waals surface area contributed by atoms with Crippen molar-refractivity contribution in [2.24, 2.45) is 0 Å². The van der Waals surface area contributed by atoms with Gasteiger partial charge < -0.3 is 0 Å². The summed E-state index contributed by atoms with van der Waals surface area (Å²) in [6, 6.07) is 19.8. The van der Waals surface area contributed by atoms with Gasteiger partial charge in [-0.3, -0.25) is 9.59 Å². The largest absolute Gasteiger partial charge is 0.268 e. The van der Waals surface area contributed by atoms with Crippen LogP contribution in [0.3, 0.4) is 0 Å². The zero-order valence-corrected chi connectivity index (χ0v) is 30.0. The van der Waals surface area contributed by atoms with Crippen molar-refractivity contribution in [2.45, 2.75) is 105 Å². The van der Waals surface area contributed by atoms with E-state index in [4.69, 9.17) is 0 Å². The highest BCUT2D eigenvalue weighted by Crippen LogP contribution is 2.53. The van der Waals surface area contributed by atoms with Crippen LogP contribution in [0.25, 0.3) is 70.3 Å². The summed E-state index contributed by atoms with van der Waals surface area (Å²) in [4.78, 5) is 30.5. The van der Waals surface area contributed by atoms with Crippen molar-refractivity contribution >= 4 is 64.6 Å². The van der Waals surface area contributed by atoms with Crippen LogP contribution in [0, 0.1) is 0 Å². The molecule has 0 radical (unpaired) electrons. The van der Waals surface area contributed by atoms with Gasteiger partial charge in [-0.1, -0.05) is 126 Å². The lowest BCUT2D eigenvalue weighted by Crippen LogP contribution is -2.31. The van der Waals surface area contributed by atoms with E-state index in [1.807, 2.05) is 0 Å². The van der Waals surface area contributed by atoms with E-state index in [0.29, 0.717) is 10.8 Å². The predicted octanol–water partition coefficient (Wildman–Crippen LogP) is 11.1. The molecule has 238 valence electrons. The summed E-state index contributed by atoms with van der Waals surface area (Å²) in [5.74, 6) is 0. The van der Waals surface area contributed by atoms with Gasteiger partial charge in [0.05, 0.1) is 16.5 Å². The van der Waals surface area contributed by atoms with E-state index >= 15 is 9.59 Å². The topological polar surface area (TPSA) is 39.1 Å². The van der Waals surface area contributed by atoms with Crippen LogP contribution in [-0.2, 0) is 21.7 Å². The first-order valence-electron chi connectivity index (χ1n) is 17.0. The first-order chi connectivity index (χ1) is 21.7. The average Bonchev–Trinajstić information content (AvgIpc) is 3.45. The molecule has 0 bridgehead atoms. The predicted molar refractivity (Wildman–Crippen MR) is 203 cm³/mol. The Morgan fingerprint density at radius 1 is 0.404 bits per heavy atom. The molecule has 0 unspecified atom stereocenters. The fourth-order valence-corrected chi connectivity index (χ4v) is 8.63. The third-order valence-electron chi connectivity index (χ3n) is 10.7. The second kappa shape index (κ2) is 8.81. The lowest BCUT2D eigenvalue weighted by Gasteiger charge is -2.29. The van der Waals surface area contributed by atoms with Gasteiger partial charge in [0.2, 0.25) is 0 Å². The Morgan fingerprint density at radius 2 is 0.766 bits per heavy atom. The van der Waals surface area contributed by atoms with Crippen LogP contribution in [0.5, 0.6) is 0 Å². The third-order valence-corrected chi connectivity index (χ3v) is 10.7. The highest BCUT2D eigenvalue weighted by atomic mass is 16.2. The zero-order chi connectivity index (χ0) is 33.9. The molecule has 47 heavy (non-hydrogen) atoms. The maximum absolute atomic E-state index is 15.3. The molecule has 7 aromatic carbocycles. The van der Waals surface area contributed by atoms with Crippen LogP contribution in [0.4, 0.5) is 0 Å². The van der Waals surface area contributed by atoms with Gasteiger partial charge in [0.25, 0.3) is 11.1 Å². The molecule has 0 saturated heterocycles. The summed E-state index contributed by atoms with van der Waals surface area (Å²) in [5, 5.41) is 12.6. The van der Waals surface area contributed by atoms with Gasteiger partial charge in [0.1, 0.15) is 0 Å². The Balaban J connectivity index is 1.73. The maximum Gasteiger partial charge on any atom is 0.266 e. The molecule has 3 nitrogen and oxygen atoms in total. The Bertz CT molecular complexity index is 2500. The zero-order valence-electron chi connectivity index (χ0n) is 30.0. The molecule has 1 aromatic heterocycles. The number of aromatic nitrogens is 1. The van der Waals surface area contributed by atoms with Crippen molar-refractivity contribution < 1.29 is 0 Å². The number of hydrogen-bond acceptors (Lipinski definition) is 2. The van der Waals surface area contributed by atoms with Gasteiger partial charge in [0.15, 0.2) is 0 Å². The Morgan fingerprint density at radius 3 is 1.13 bits per heavy atom. The maximum atomic E-state index is 15.3. The van der Waals surface area contributed by atoms with Gasteiger partial charge in [-0.05, 0) is 110 Å². The smallest absolute Gasteiger partial charge is 0.266 e. The van der Waals surface area contributed by atoms with E-state index in [9.17, 15) is 0 Å². The standard InChI is InChI=1S/C44H45NO2/c1-41(2,3)27-14-13-15-28(42(4,5)6)38(27)45-39(46)36-25-20-29(43(7,8)9)23-18-16-22-17-19-24-30(44(10,11)12)21-26(37(36)40(45)47)35-33(24)31(22)32(23)34(25)35/h13-21H,1-12H3. The molecule has 0 aliphatic rings. The van der Waals surface area contributed by atoms with Crippen molar-refractivity contribution in [3.05, 3.63) is 97.6 Å². The van der Waals surface area contributed by atoms with Crippen molar-refractivity contribution in [2.75, 3.05) is 0 Å². The van der Waals surface area contributed by atoms with Crippen molar-refractivity contribution in [3.8, 4) is 5.69 Å². The van der Waals surface area contributed by atoms with Gasteiger partial charge in [-0.25, -0.2) is 4.57 Å². The van der Waals surface area contributed by atoms with Crippen molar-refractivity contribution in [3.63, 3.8) is 0 Å². The number of rotatable bonds is 1. The van der Waals surface area contributed by atoms with Crippen LogP contribution in [0.15, 0.2) is 64.2 Å². The van der Waals surface area contributed by atoms with Crippen LogP contribution in [0.1, 0.15) is 105 Å².